The van der Waals surface area contributed by atoms with Crippen LogP contribution in [0.4, 0.5) is 4.79 Å². The Hall–Kier alpha value is -1.31. The van der Waals surface area contributed by atoms with Crippen molar-refractivity contribution in [2.24, 2.45) is 0 Å². The number of carbonyl (C=O) groups is 1. The van der Waals surface area contributed by atoms with Crippen molar-refractivity contribution >= 4 is 25.8 Å². The fourth-order valence-corrected chi connectivity index (χ4v) is 2.79. The highest BCUT2D eigenvalue weighted by molar-refractivity contribution is 8.13. The molecular weight excluding hydrogens is 318 g/mol. The summed E-state index contributed by atoms with van der Waals surface area (Å²) >= 11 is 0. The van der Waals surface area contributed by atoms with Gasteiger partial charge in [-0.05, 0) is 12.0 Å². The molecule has 6 nitrogen and oxygen atoms in total. The van der Waals surface area contributed by atoms with Gasteiger partial charge in [0.2, 0.25) is 9.05 Å². The molecular formula is C13H16ClNO5S. The normalized spacial score (nSPS) is 16.8. The number of hydrogen-bond donors (Lipinski definition) is 1. The van der Waals surface area contributed by atoms with Crippen molar-refractivity contribution in [3.05, 3.63) is 35.9 Å². The van der Waals surface area contributed by atoms with E-state index < -0.39 is 20.7 Å². The predicted molar refractivity (Wildman–Crippen MR) is 77.6 cm³/mol. The molecule has 1 saturated heterocycles. The van der Waals surface area contributed by atoms with Gasteiger partial charge in [0.05, 0.1) is 24.5 Å². The molecule has 0 bridgehead atoms. The van der Waals surface area contributed by atoms with E-state index in [1.165, 1.54) is 0 Å². The molecule has 1 amide bonds. The quantitative estimate of drug-likeness (QED) is 0.800. The maximum Gasteiger partial charge on any atom is 0.408 e. The van der Waals surface area contributed by atoms with Gasteiger partial charge in [0.25, 0.3) is 0 Å². The summed E-state index contributed by atoms with van der Waals surface area (Å²) in [4.78, 5) is 11.8. The Bertz CT molecular complexity index is 586. The number of hydrogen-bond acceptors (Lipinski definition) is 5. The lowest BCUT2D eigenvalue weighted by Crippen LogP contribution is -2.62. The Morgan fingerprint density at radius 3 is 2.52 bits per heavy atom. The van der Waals surface area contributed by atoms with Crippen LogP contribution in [0, 0.1) is 0 Å². The van der Waals surface area contributed by atoms with E-state index in [4.69, 9.17) is 20.2 Å². The van der Waals surface area contributed by atoms with E-state index in [0.717, 1.165) is 5.56 Å². The number of carbonyl (C=O) groups excluding carboxylic acids is 1. The summed E-state index contributed by atoms with van der Waals surface area (Å²) in [6.45, 7) is 0.650. The first-order valence-corrected chi connectivity index (χ1v) is 8.85. The third-order valence-electron chi connectivity index (χ3n) is 3.16. The highest BCUT2D eigenvalue weighted by atomic mass is 35.7. The minimum absolute atomic E-state index is 0.150. The van der Waals surface area contributed by atoms with Crippen molar-refractivity contribution in [3.63, 3.8) is 0 Å². The zero-order valence-corrected chi connectivity index (χ0v) is 12.8. The van der Waals surface area contributed by atoms with Crippen LogP contribution < -0.4 is 5.32 Å². The molecule has 0 unspecified atom stereocenters. The number of amides is 1. The van der Waals surface area contributed by atoms with E-state index in [0.29, 0.717) is 0 Å². The van der Waals surface area contributed by atoms with Crippen LogP contribution in [-0.4, -0.2) is 39.0 Å². The molecule has 1 aromatic carbocycles. The minimum Gasteiger partial charge on any atom is -0.445 e. The van der Waals surface area contributed by atoms with Crippen molar-refractivity contribution < 1.29 is 22.7 Å². The van der Waals surface area contributed by atoms with E-state index >= 15 is 0 Å². The molecule has 0 radical (unpaired) electrons. The first-order valence-electron chi connectivity index (χ1n) is 6.38. The number of nitrogens with one attached hydrogen (secondary N) is 1. The number of alkyl carbamates (subject to hydrolysis) is 1. The van der Waals surface area contributed by atoms with Crippen molar-refractivity contribution in [1.29, 1.82) is 0 Å². The monoisotopic (exact) mass is 333 g/mol. The van der Waals surface area contributed by atoms with Crippen LogP contribution in [0.3, 0.4) is 0 Å². The van der Waals surface area contributed by atoms with E-state index in [1.54, 1.807) is 0 Å². The lowest BCUT2D eigenvalue weighted by Gasteiger charge is -2.41. The molecule has 1 aliphatic heterocycles. The lowest BCUT2D eigenvalue weighted by atomic mass is 9.94. The average Bonchev–Trinajstić information content (AvgIpc) is 2.39. The Balaban J connectivity index is 1.82. The van der Waals surface area contributed by atoms with Gasteiger partial charge >= 0.3 is 6.09 Å². The van der Waals surface area contributed by atoms with E-state index in [2.05, 4.69) is 5.32 Å². The molecule has 1 aliphatic rings. The van der Waals surface area contributed by atoms with Gasteiger partial charge in [-0.15, -0.1) is 0 Å². The van der Waals surface area contributed by atoms with Crippen LogP contribution in [0.2, 0.25) is 0 Å². The second-order valence-corrected chi connectivity index (χ2v) is 7.85. The van der Waals surface area contributed by atoms with Crippen LogP contribution in [0.15, 0.2) is 30.3 Å². The topological polar surface area (TPSA) is 81.7 Å². The van der Waals surface area contributed by atoms with E-state index in [1.807, 2.05) is 30.3 Å². The number of benzene rings is 1. The fourth-order valence-electron chi connectivity index (χ4n) is 1.92. The van der Waals surface area contributed by atoms with Gasteiger partial charge in [0.15, 0.2) is 0 Å². The molecule has 0 saturated carbocycles. The molecule has 21 heavy (non-hydrogen) atoms. The van der Waals surface area contributed by atoms with Gasteiger partial charge in [-0.1, -0.05) is 30.3 Å². The van der Waals surface area contributed by atoms with Crippen LogP contribution in [0.5, 0.6) is 0 Å². The lowest BCUT2D eigenvalue weighted by molar-refractivity contribution is -0.0733. The Morgan fingerprint density at radius 1 is 1.33 bits per heavy atom. The first-order chi connectivity index (χ1) is 9.89. The largest absolute Gasteiger partial charge is 0.445 e. The second kappa shape index (κ2) is 6.64. The third kappa shape index (κ3) is 5.18. The molecule has 1 aromatic rings. The smallest absolute Gasteiger partial charge is 0.408 e. The fraction of sp³-hybridized carbons (Fsp3) is 0.462. The molecule has 8 heteroatoms. The van der Waals surface area contributed by atoms with Crippen LogP contribution in [-0.2, 0) is 25.1 Å². The number of halogens is 1. The summed E-state index contributed by atoms with van der Waals surface area (Å²) < 4.78 is 32.2. The summed E-state index contributed by atoms with van der Waals surface area (Å²) in [5.41, 5.74) is 0.158. The number of rotatable bonds is 6. The third-order valence-corrected chi connectivity index (χ3v) is 4.32. The summed E-state index contributed by atoms with van der Waals surface area (Å²) in [5.74, 6) is -0.225. The molecule has 1 N–H and O–H groups in total. The van der Waals surface area contributed by atoms with Crippen LogP contribution in [0.25, 0.3) is 0 Å². The Kier molecular flexibility index (Phi) is 5.08. The van der Waals surface area contributed by atoms with Gasteiger partial charge < -0.3 is 14.8 Å². The number of ether oxygens (including phenoxy) is 2. The van der Waals surface area contributed by atoms with Crippen molar-refractivity contribution in [1.82, 2.24) is 5.32 Å². The van der Waals surface area contributed by atoms with Gasteiger partial charge in [-0.2, -0.15) is 0 Å². The molecule has 1 heterocycles. The van der Waals surface area contributed by atoms with Gasteiger partial charge in [-0.25, -0.2) is 13.2 Å². The summed E-state index contributed by atoms with van der Waals surface area (Å²) in [7, 11) is 1.59. The molecule has 0 spiro atoms. The maximum atomic E-state index is 11.8. The molecule has 116 valence electrons. The average molecular weight is 334 g/mol. The zero-order chi connectivity index (χ0) is 15.3. The second-order valence-electron chi connectivity index (χ2n) is 4.95. The summed E-state index contributed by atoms with van der Waals surface area (Å²) in [5, 5.41) is 2.66. The molecule has 1 fully saturated rings. The molecule has 0 atom stereocenters. The zero-order valence-electron chi connectivity index (χ0n) is 11.2. The van der Waals surface area contributed by atoms with Gasteiger partial charge in [0.1, 0.15) is 6.61 Å². The maximum absolute atomic E-state index is 11.8. The van der Waals surface area contributed by atoms with Crippen LogP contribution >= 0.6 is 10.7 Å². The van der Waals surface area contributed by atoms with Gasteiger partial charge in [0, 0.05) is 10.7 Å². The Labute approximate surface area is 127 Å². The molecule has 0 aliphatic carbocycles. The highest BCUT2D eigenvalue weighted by Crippen LogP contribution is 2.23. The SMILES string of the molecule is O=C(NC1(CCS(=O)(=O)Cl)COC1)OCc1ccccc1. The van der Waals surface area contributed by atoms with Gasteiger partial charge in [-0.3, -0.25) is 0 Å². The summed E-state index contributed by atoms with van der Waals surface area (Å²) in [6.07, 6.45) is -0.409. The predicted octanol–water partition coefficient (Wildman–Crippen LogP) is 1.64. The highest BCUT2D eigenvalue weighted by Gasteiger charge is 2.41. The first kappa shape index (κ1) is 16.1. The van der Waals surface area contributed by atoms with E-state index in [9.17, 15) is 13.2 Å². The van der Waals surface area contributed by atoms with E-state index in [-0.39, 0.29) is 32.0 Å². The van der Waals surface area contributed by atoms with Crippen molar-refractivity contribution in [2.75, 3.05) is 19.0 Å². The van der Waals surface area contributed by atoms with Crippen LogP contribution in [0.1, 0.15) is 12.0 Å². The standard InChI is InChI=1S/C13H16ClNO5S/c14-21(17,18)7-6-13(9-19-10-13)15-12(16)20-8-11-4-2-1-3-5-11/h1-5H,6-10H2,(H,15,16). The van der Waals surface area contributed by atoms with Crippen molar-refractivity contribution in [2.45, 2.75) is 18.6 Å². The molecule has 0 aromatic heterocycles. The van der Waals surface area contributed by atoms with Crippen molar-refractivity contribution in [3.8, 4) is 0 Å². The Morgan fingerprint density at radius 2 is 2.00 bits per heavy atom. The molecule has 2 rings (SSSR count). The summed E-state index contributed by atoms with van der Waals surface area (Å²) in [6, 6.07) is 9.26. The minimum atomic E-state index is -3.60.